The second kappa shape index (κ2) is 6.00. The Morgan fingerprint density at radius 2 is 2.22 bits per heavy atom. The molecule has 1 aliphatic rings. The van der Waals surface area contributed by atoms with E-state index < -0.39 is 0 Å². The molecule has 100 valence electrons. The number of hydrogen-bond acceptors (Lipinski definition) is 2. The number of halogens is 2. The fourth-order valence-electron chi connectivity index (χ4n) is 2.35. The van der Waals surface area contributed by atoms with Crippen LogP contribution in [0.1, 0.15) is 31.4 Å². The summed E-state index contributed by atoms with van der Waals surface area (Å²) < 4.78 is 13.1. The molecule has 18 heavy (non-hydrogen) atoms. The van der Waals surface area contributed by atoms with Gasteiger partial charge in [-0.25, -0.2) is 4.39 Å². The third kappa shape index (κ3) is 3.22. The van der Waals surface area contributed by atoms with Crippen LogP contribution >= 0.6 is 11.6 Å². The van der Waals surface area contributed by atoms with E-state index >= 15 is 0 Å². The number of nitrogens with zero attached hydrogens (tertiary/aromatic N) is 1. The summed E-state index contributed by atoms with van der Waals surface area (Å²) >= 11 is 6.13. The zero-order chi connectivity index (χ0) is 13.1. The average molecular weight is 271 g/mol. The maximum Gasteiger partial charge on any atom is 0.124 e. The highest BCUT2D eigenvalue weighted by Crippen LogP contribution is 2.34. The van der Waals surface area contributed by atoms with Crippen LogP contribution in [0.2, 0.25) is 5.02 Å². The van der Waals surface area contributed by atoms with Gasteiger partial charge in [-0.3, -0.25) is 4.90 Å². The monoisotopic (exact) mass is 270 g/mol. The molecule has 1 saturated carbocycles. The van der Waals surface area contributed by atoms with Gasteiger partial charge in [0.1, 0.15) is 5.82 Å². The van der Waals surface area contributed by atoms with Gasteiger partial charge in [0.05, 0.1) is 0 Å². The minimum Gasteiger partial charge on any atom is -0.329 e. The van der Waals surface area contributed by atoms with E-state index in [1.165, 1.54) is 25.0 Å². The lowest BCUT2D eigenvalue weighted by Gasteiger charge is -2.30. The first kappa shape index (κ1) is 13.8. The number of nitrogens with two attached hydrogens (primary N) is 1. The van der Waals surface area contributed by atoms with Crippen molar-refractivity contribution in [1.82, 2.24) is 4.90 Å². The molecular weight excluding hydrogens is 251 g/mol. The van der Waals surface area contributed by atoms with E-state index in [9.17, 15) is 4.39 Å². The molecule has 1 aromatic rings. The Kier molecular flexibility index (Phi) is 4.60. The minimum absolute atomic E-state index is 0.0868. The maximum absolute atomic E-state index is 13.1. The van der Waals surface area contributed by atoms with E-state index in [-0.39, 0.29) is 11.9 Å². The van der Waals surface area contributed by atoms with Gasteiger partial charge in [-0.1, -0.05) is 24.6 Å². The molecule has 2 N–H and O–H groups in total. The van der Waals surface area contributed by atoms with Crippen LogP contribution in [0.15, 0.2) is 18.2 Å². The summed E-state index contributed by atoms with van der Waals surface area (Å²) in [6.45, 7) is 4.63. The van der Waals surface area contributed by atoms with Crippen LogP contribution in [0, 0.1) is 11.7 Å². The first-order valence-electron chi connectivity index (χ1n) is 6.54. The summed E-state index contributed by atoms with van der Waals surface area (Å²) in [6, 6.07) is 4.66. The van der Waals surface area contributed by atoms with Gasteiger partial charge in [-0.2, -0.15) is 0 Å². The lowest BCUT2D eigenvalue weighted by Crippen LogP contribution is -2.35. The van der Waals surface area contributed by atoms with Crippen molar-refractivity contribution in [2.24, 2.45) is 11.7 Å². The molecule has 1 atom stereocenters. The van der Waals surface area contributed by atoms with E-state index in [0.29, 0.717) is 11.6 Å². The van der Waals surface area contributed by atoms with Gasteiger partial charge in [0.25, 0.3) is 0 Å². The SMILES string of the molecule is CCN(CC1CC1)C(CN)c1ccc(F)cc1Cl. The molecule has 1 unspecified atom stereocenters. The molecule has 1 fully saturated rings. The van der Waals surface area contributed by atoms with Gasteiger partial charge in [-0.15, -0.1) is 0 Å². The van der Waals surface area contributed by atoms with Gasteiger partial charge in [-0.05, 0) is 43.0 Å². The molecule has 0 bridgehead atoms. The predicted octanol–water partition coefficient (Wildman–Crippen LogP) is 3.21. The maximum atomic E-state index is 13.1. The van der Waals surface area contributed by atoms with Crippen molar-refractivity contribution in [3.05, 3.63) is 34.6 Å². The van der Waals surface area contributed by atoms with Crippen molar-refractivity contribution < 1.29 is 4.39 Å². The second-order valence-electron chi connectivity index (χ2n) is 4.95. The van der Waals surface area contributed by atoms with Crippen LogP contribution in [0.5, 0.6) is 0 Å². The van der Waals surface area contributed by atoms with Crippen LogP contribution in [0.25, 0.3) is 0 Å². The topological polar surface area (TPSA) is 29.3 Å². The zero-order valence-corrected chi connectivity index (χ0v) is 11.5. The predicted molar refractivity (Wildman–Crippen MR) is 73.2 cm³/mol. The van der Waals surface area contributed by atoms with Crippen LogP contribution < -0.4 is 5.73 Å². The molecule has 0 aromatic heterocycles. The fraction of sp³-hybridized carbons (Fsp3) is 0.571. The molecule has 1 aromatic carbocycles. The fourth-order valence-corrected chi connectivity index (χ4v) is 2.65. The highest BCUT2D eigenvalue weighted by molar-refractivity contribution is 6.31. The second-order valence-corrected chi connectivity index (χ2v) is 5.36. The third-order valence-corrected chi connectivity index (χ3v) is 3.91. The Bertz CT molecular complexity index is 407. The quantitative estimate of drug-likeness (QED) is 0.860. The summed E-state index contributed by atoms with van der Waals surface area (Å²) in [5.41, 5.74) is 6.82. The van der Waals surface area contributed by atoms with Crippen LogP contribution in [-0.4, -0.2) is 24.5 Å². The van der Waals surface area contributed by atoms with Crippen molar-refractivity contribution in [1.29, 1.82) is 0 Å². The molecular formula is C14H20ClFN2. The van der Waals surface area contributed by atoms with Gasteiger partial charge in [0, 0.05) is 24.2 Å². The molecule has 2 nitrogen and oxygen atoms in total. The third-order valence-electron chi connectivity index (χ3n) is 3.58. The van der Waals surface area contributed by atoms with Crippen LogP contribution in [-0.2, 0) is 0 Å². The van der Waals surface area contributed by atoms with E-state index in [2.05, 4.69) is 11.8 Å². The van der Waals surface area contributed by atoms with Gasteiger partial charge >= 0.3 is 0 Å². The molecule has 0 spiro atoms. The number of hydrogen-bond donors (Lipinski definition) is 1. The van der Waals surface area contributed by atoms with E-state index in [1.54, 1.807) is 6.07 Å². The largest absolute Gasteiger partial charge is 0.329 e. The lowest BCUT2D eigenvalue weighted by molar-refractivity contribution is 0.203. The Labute approximate surface area is 113 Å². The molecule has 4 heteroatoms. The van der Waals surface area contributed by atoms with Crippen molar-refractivity contribution in [3.8, 4) is 0 Å². The highest BCUT2D eigenvalue weighted by Gasteiger charge is 2.28. The molecule has 0 heterocycles. The molecule has 0 radical (unpaired) electrons. The smallest absolute Gasteiger partial charge is 0.124 e. The summed E-state index contributed by atoms with van der Waals surface area (Å²) in [6.07, 6.45) is 2.62. The van der Waals surface area contributed by atoms with Gasteiger partial charge in [0.15, 0.2) is 0 Å². The molecule has 0 amide bonds. The van der Waals surface area contributed by atoms with Crippen LogP contribution in [0.3, 0.4) is 0 Å². The lowest BCUT2D eigenvalue weighted by atomic mass is 10.0. The van der Waals surface area contributed by atoms with E-state index in [0.717, 1.165) is 24.6 Å². The number of rotatable bonds is 6. The van der Waals surface area contributed by atoms with Gasteiger partial charge in [0.2, 0.25) is 0 Å². The van der Waals surface area contributed by atoms with Crippen molar-refractivity contribution in [3.63, 3.8) is 0 Å². The number of benzene rings is 1. The average Bonchev–Trinajstić information content (AvgIpc) is 3.15. The summed E-state index contributed by atoms with van der Waals surface area (Å²) in [7, 11) is 0. The Morgan fingerprint density at radius 1 is 1.50 bits per heavy atom. The molecule has 2 rings (SSSR count). The Morgan fingerprint density at radius 3 is 2.72 bits per heavy atom. The van der Waals surface area contributed by atoms with E-state index in [4.69, 9.17) is 17.3 Å². The van der Waals surface area contributed by atoms with Crippen molar-refractivity contribution in [2.45, 2.75) is 25.8 Å². The van der Waals surface area contributed by atoms with E-state index in [1.807, 2.05) is 0 Å². The summed E-state index contributed by atoms with van der Waals surface area (Å²) in [5, 5.41) is 0.472. The summed E-state index contributed by atoms with van der Waals surface area (Å²) in [4.78, 5) is 2.34. The normalized spacial score (nSPS) is 17.2. The van der Waals surface area contributed by atoms with Gasteiger partial charge < -0.3 is 5.73 Å². The number of likely N-dealkylation sites (N-methyl/N-ethyl adjacent to an activating group) is 1. The Hall–Kier alpha value is -0.640. The Balaban J connectivity index is 2.18. The molecule has 0 saturated heterocycles. The van der Waals surface area contributed by atoms with Crippen molar-refractivity contribution >= 4 is 11.6 Å². The standard InChI is InChI=1S/C14H20ClFN2/c1-2-18(9-10-3-4-10)14(8-17)12-6-5-11(16)7-13(12)15/h5-7,10,14H,2-4,8-9,17H2,1H3. The highest BCUT2D eigenvalue weighted by atomic mass is 35.5. The first-order valence-corrected chi connectivity index (χ1v) is 6.92. The zero-order valence-electron chi connectivity index (χ0n) is 10.7. The first-order chi connectivity index (χ1) is 8.65. The van der Waals surface area contributed by atoms with Crippen LogP contribution in [0.4, 0.5) is 4.39 Å². The minimum atomic E-state index is -0.301. The summed E-state index contributed by atoms with van der Waals surface area (Å²) in [5.74, 6) is 0.503. The molecule has 0 aliphatic heterocycles. The molecule has 1 aliphatic carbocycles. The van der Waals surface area contributed by atoms with Crippen molar-refractivity contribution in [2.75, 3.05) is 19.6 Å².